The summed E-state index contributed by atoms with van der Waals surface area (Å²) >= 11 is 0. The Balaban J connectivity index is 0.000000553. The lowest BCUT2D eigenvalue weighted by Gasteiger charge is -2.20. The van der Waals surface area contributed by atoms with E-state index in [4.69, 9.17) is 0 Å². The molecule has 0 atom stereocenters. The molecule has 0 fully saturated rings. The van der Waals surface area contributed by atoms with Gasteiger partial charge in [-0.1, -0.05) is 149 Å². The van der Waals surface area contributed by atoms with Gasteiger partial charge in [0.25, 0.3) is 0 Å². The second-order valence-electron chi connectivity index (χ2n) is 11.8. The molecule has 226 valence electrons. The fourth-order valence-electron chi connectivity index (χ4n) is 5.01. The monoisotopic (exact) mass is 570 g/mol. The van der Waals surface area contributed by atoms with E-state index in [1.165, 1.54) is 55.7 Å². The molecular formula is C43H54. The van der Waals surface area contributed by atoms with Crippen molar-refractivity contribution in [2.24, 2.45) is 5.92 Å². The quantitative estimate of drug-likeness (QED) is 0.159. The van der Waals surface area contributed by atoms with Gasteiger partial charge >= 0.3 is 0 Å². The molecule has 43 heavy (non-hydrogen) atoms. The molecule has 3 aromatic carbocycles. The minimum atomic E-state index is 0.526. The van der Waals surface area contributed by atoms with Gasteiger partial charge < -0.3 is 0 Å². The van der Waals surface area contributed by atoms with Crippen LogP contribution >= 0.6 is 0 Å². The fraction of sp³-hybridized carbons (Fsp3) is 0.302. The van der Waals surface area contributed by atoms with E-state index in [0.29, 0.717) is 5.92 Å². The van der Waals surface area contributed by atoms with E-state index in [2.05, 4.69) is 178 Å². The first kappa shape index (κ1) is 35.3. The van der Waals surface area contributed by atoms with E-state index in [-0.39, 0.29) is 0 Å². The maximum atomic E-state index is 4.67. The molecule has 0 heterocycles. The van der Waals surface area contributed by atoms with Crippen LogP contribution in [-0.2, 0) is 0 Å². The number of benzene rings is 3. The normalized spacial score (nSPS) is 13.1. The van der Waals surface area contributed by atoms with Crippen LogP contribution in [0.5, 0.6) is 0 Å². The molecule has 0 aliphatic rings. The molecule has 3 rings (SSSR count). The van der Waals surface area contributed by atoms with Gasteiger partial charge in [0, 0.05) is 0 Å². The van der Waals surface area contributed by atoms with Crippen molar-refractivity contribution in [3.63, 3.8) is 0 Å². The highest BCUT2D eigenvalue weighted by Gasteiger charge is 2.15. The summed E-state index contributed by atoms with van der Waals surface area (Å²) in [7, 11) is 0. The zero-order valence-corrected chi connectivity index (χ0v) is 28.3. The topological polar surface area (TPSA) is 0 Å². The van der Waals surface area contributed by atoms with Gasteiger partial charge in [-0.3, -0.25) is 0 Å². The van der Waals surface area contributed by atoms with Gasteiger partial charge in [0.05, 0.1) is 0 Å². The Labute approximate surface area is 264 Å². The third-order valence-corrected chi connectivity index (χ3v) is 7.57. The van der Waals surface area contributed by atoms with Crippen LogP contribution in [-0.4, -0.2) is 0 Å². The molecule has 0 saturated carbocycles. The Bertz CT molecular complexity index is 1470. The lowest BCUT2D eigenvalue weighted by molar-refractivity contribution is 0.648. The van der Waals surface area contributed by atoms with Crippen LogP contribution in [0.3, 0.4) is 0 Å². The summed E-state index contributed by atoms with van der Waals surface area (Å²) in [5.74, 6) is 0.526. The Morgan fingerprint density at radius 2 is 1.40 bits per heavy atom. The molecule has 0 heteroatoms. The van der Waals surface area contributed by atoms with Gasteiger partial charge in [0.1, 0.15) is 0 Å². The first-order valence-corrected chi connectivity index (χ1v) is 15.9. The molecule has 3 aromatic rings. The Morgan fingerprint density at radius 1 is 0.791 bits per heavy atom. The van der Waals surface area contributed by atoms with E-state index in [1.54, 1.807) is 0 Å². The van der Waals surface area contributed by atoms with E-state index in [9.17, 15) is 0 Å². The minimum absolute atomic E-state index is 0.526. The van der Waals surface area contributed by atoms with Crippen molar-refractivity contribution in [2.75, 3.05) is 0 Å². The van der Waals surface area contributed by atoms with Gasteiger partial charge in [-0.05, 0) is 116 Å². The molecular weight excluding hydrogens is 516 g/mol. The number of rotatable bonds is 11. The van der Waals surface area contributed by atoms with Crippen LogP contribution < -0.4 is 0 Å². The predicted octanol–water partition coefficient (Wildman–Crippen LogP) is 13.2. The van der Waals surface area contributed by atoms with Crippen LogP contribution in [0.25, 0.3) is 17.2 Å². The standard InChI is InChI=1S/C33H36.C10H18/c1-7-28(29-17-9-8-10-18-29)22-31(21-24(2)3)27(6)33(32-20-14-12-16-26(32)5)23-30-19-13-11-15-25(30)4;1-5-7-10(4)8-9(3)6-2/h7-20,22-24H,6,21H2,1-5H3;7-8H,5-6H2,1-4H3/b28-7+,31-22+,33-23+;9-8-,10-7-. The highest BCUT2D eigenvalue weighted by Crippen LogP contribution is 2.36. The van der Waals surface area contributed by atoms with E-state index in [0.717, 1.165) is 24.8 Å². The second kappa shape index (κ2) is 18.6. The molecule has 0 spiro atoms. The van der Waals surface area contributed by atoms with Crippen LogP contribution in [0.15, 0.2) is 132 Å². The highest BCUT2D eigenvalue weighted by atomic mass is 14.2. The average Bonchev–Trinajstić information content (AvgIpc) is 2.99. The van der Waals surface area contributed by atoms with Gasteiger partial charge in [0.15, 0.2) is 0 Å². The number of allylic oxidation sites excluding steroid dienone is 10. The predicted molar refractivity (Wildman–Crippen MR) is 195 cm³/mol. The summed E-state index contributed by atoms with van der Waals surface area (Å²) in [4.78, 5) is 0. The summed E-state index contributed by atoms with van der Waals surface area (Å²) in [5.41, 5.74) is 13.9. The smallest absolute Gasteiger partial charge is 0.0106 e. The van der Waals surface area contributed by atoms with Crippen molar-refractivity contribution in [2.45, 2.75) is 81.6 Å². The highest BCUT2D eigenvalue weighted by molar-refractivity contribution is 5.95. The summed E-state index contributed by atoms with van der Waals surface area (Å²) in [6.45, 7) is 24.4. The van der Waals surface area contributed by atoms with Crippen molar-refractivity contribution in [1.82, 2.24) is 0 Å². The number of hydrogen-bond donors (Lipinski definition) is 0. The summed E-state index contributed by atoms with van der Waals surface area (Å²) in [5, 5.41) is 0. The Morgan fingerprint density at radius 3 is 1.95 bits per heavy atom. The molecule has 0 amide bonds. The summed E-state index contributed by atoms with van der Waals surface area (Å²) < 4.78 is 0. The molecule has 0 bridgehead atoms. The largest absolute Gasteiger partial charge is 0.0909 e. The molecule has 0 aliphatic heterocycles. The Hall–Kier alpha value is -3.90. The summed E-state index contributed by atoms with van der Waals surface area (Å²) in [6.07, 6.45) is 14.6. The zero-order chi connectivity index (χ0) is 31.8. The first-order chi connectivity index (χ1) is 20.6. The van der Waals surface area contributed by atoms with Gasteiger partial charge in [-0.2, -0.15) is 0 Å². The SMILES string of the molecule is C=C(/C(=C/C(=C\C)c1ccccc1)CC(C)C)/C(=C\c1ccccc1C)c1ccccc1C.CC/C=C(C)\C=C(\C)CC. The van der Waals surface area contributed by atoms with Crippen LogP contribution in [0, 0.1) is 19.8 Å². The van der Waals surface area contributed by atoms with E-state index >= 15 is 0 Å². The first-order valence-electron chi connectivity index (χ1n) is 15.9. The lowest BCUT2D eigenvalue weighted by atomic mass is 9.84. The Kier molecular flexibility index (Phi) is 15.3. The number of aryl methyl sites for hydroxylation is 2. The van der Waals surface area contributed by atoms with Crippen LogP contribution in [0.2, 0.25) is 0 Å². The fourth-order valence-corrected chi connectivity index (χ4v) is 5.01. The molecule has 0 aliphatic carbocycles. The lowest BCUT2D eigenvalue weighted by Crippen LogP contribution is -2.00. The molecule has 0 N–H and O–H groups in total. The maximum Gasteiger partial charge on any atom is -0.0106 e. The molecule has 0 saturated heterocycles. The second-order valence-corrected chi connectivity index (χ2v) is 11.8. The third-order valence-electron chi connectivity index (χ3n) is 7.57. The van der Waals surface area contributed by atoms with Gasteiger partial charge in [0.2, 0.25) is 0 Å². The molecule has 0 nitrogen and oxygen atoms in total. The van der Waals surface area contributed by atoms with Crippen molar-refractivity contribution in [3.05, 3.63) is 160 Å². The average molecular weight is 571 g/mol. The van der Waals surface area contributed by atoms with Gasteiger partial charge in [-0.25, -0.2) is 0 Å². The van der Waals surface area contributed by atoms with Gasteiger partial charge in [-0.15, -0.1) is 0 Å². The van der Waals surface area contributed by atoms with E-state index in [1.807, 2.05) is 0 Å². The zero-order valence-electron chi connectivity index (χ0n) is 28.3. The summed E-state index contributed by atoms with van der Waals surface area (Å²) in [6, 6.07) is 27.8. The third kappa shape index (κ3) is 11.7. The van der Waals surface area contributed by atoms with Crippen LogP contribution in [0.4, 0.5) is 0 Å². The van der Waals surface area contributed by atoms with Crippen molar-refractivity contribution < 1.29 is 0 Å². The van der Waals surface area contributed by atoms with Crippen molar-refractivity contribution in [1.29, 1.82) is 0 Å². The van der Waals surface area contributed by atoms with Crippen molar-refractivity contribution >= 4 is 17.2 Å². The van der Waals surface area contributed by atoms with Crippen molar-refractivity contribution in [3.8, 4) is 0 Å². The maximum absolute atomic E-state index is 4.67. The minimum Gasteiger partial charge on any atom is -0.0909 e. The van der Waals surface area contributed by atoms with Crippen LogP contribution in [0.1, 0.15) is 95.5 Å². The molecule has 0 unspecified atom stereocenters. The molecule has 0 radical (unpaired) electrons. The van der Waals surface area contributed by atoms with E-state index < -0.39 is 0 Å². The molecule has 0 aromatic heterocycles. The number of hydrogen-bond acceptors (Lipinski definition) is 0.